The standard InChI is InChI=1S/C13H17ClN4O2S/c14-10-7-12(13(15)16-8-10)21(19,20)18-6-3-11(9-18)17-4-1-2-5-17/h1-2,7-8,11H,3-6,9H2,(H2,15,16)/t11-/m1/s1. The summed E-state index contributed by atoms with van der Waals surface area (Å²) in [4.78, 5) is 6.10. The van der Waals surface area contributed by atoms with Gasteiger partial charge in [0.15, 0.2) is 0 Å². The van der Waals surface area contributed by atoms with E-state index in [2.05, 4.69) is 22.0 Å². The van der Waals surface area contributed by atoms with Gasteiger partial charge in [-0.25, -0.2) is 13.4 Å². The number of nitrogen functional groups attached to an aromatic ring is 1. The molecule has 0 amide bonds. The number of pyridine rings is 1. The van der Waals surface area contributed by atoms with Crippen molar-refractivity contribution in [1.29, 1.82) is 0 Å². The Balaban J connectivity index is 1.81. The molecular formula is C13H17ClN4O2S. The zero-order chi connectivity index (χ0) is 15.0. The summed E-state index contributed by atoms with van der Waals surface area (Å²) < 4.78 is 26.8. The maximum atomic E-state index is 12.7. The van der Waals surface area contributed by atoms with E-state index in [4.69, 9.17) is 17.3 Å². The first kappa shape index (κ1) is 14.8. The van der Waals surface area contributed by atoms with Crippen LogP contribution in [0.25, 0.3) is 0 Å². The minimum Gasteiger partial charge on any atom is -0.383 e. The van der Waals surface area contributed by atoms with Crippen LogP contribution in [0.15, 0.2) is 29.3 Å². The van der Waals surface area contributed by atoms with Gasteiger partial charge in [0, 0.05) is 38.4 Å². The number of anilines is 1. The van der Waals surface area contributed by atoms with Gasteiger partial charge in [0.25, 0.3) is 0 Å². The van der Waals surface area contributed by atoms with E-state index in [0.717, 1.165) is 19.5 Å². The van der Waals surface area contributed by atoms with Crippen molar-refractivity contribution >= 4 is 27.4 Å². The summed E-state index contributed by atoms with van der Waals surface area (Å²) in [6.07, 6.45) is 6.39. The van der Waals surface area contributed by atoms with Crippen LogP contribution in [0.4, 0.5) is 5.82 Å². The number of sulfonamides is 1. The molecule has 0 aromatic carbocycles. The van der Waals surface area contributed by atoms with Crippen molar-refractivity contribution in [1.82, 2.24) is 14.2 Å². The van der Waals surface area contributed by atoms with E-state index in [1.165, 1.54) is 16.6 Å². The van der Waals surface area contributed by atoms with Crippen LogP contribution < -0.4 is 5.73 Å². The summed E-state index contributed by atoms with van der Waals surface area (Å²) in [7, 11) is -3.64. The van der Waals surface area contributed by atoms with Gasteiger partial charge >= 0.3 is 0 Å². The molecule has 1 fully saturated rings. The number of rotatable bonds is 3. The summed E-state index contributed by atoms with van der Waals surface area (Å²) >= 11 is 5.84. The highest BCUT2D eigenvalue weighted by Crippen LogP contribution is 2.28. The molecule has 0 aliphatic carbocycles. The Labute approximate surface area is 129 Å². The topological polar surface area (TPSA) is 79.5 Å². The van der Waals surface area contributed by atoms with E-state index >= 15 is 0 Å². The monoisotopic (exact) mass is 328 g/mol. The van der Waals surface area contributed by atoms with Crippen LogP contribution in [-0.4, -0.2) is 54.8 Å². The Morgan fingerprint density at radius 3 is 2.76 bits per heavy atom. The van der Waals surface area contributed by atoms with Crippen LogP contribution in [0.5, 0.6) is 0 Å². The number of nitrogens with zero attached hydrogens (tertiary/aromatic N) is 3. The second kappa shape index (κ2) is 5.57. The summed E-state index contributed by atoms with van der Waals surface area (Å²) in [5.41, 5.74) is 5.70. The molecule has 3 rings (SSSR count). The molecule has 0 spiro atoms. The molecule has 2 aliphatic heterocycles. The molecule has 21 heavy (non-hydrogen) atoms. The van der Waals surface area contributed by atoms with Gasteiger partial charge in [-0.2, -0.15) is 4.31 Å². The summed E-state index contributed by atoms with van der Waals surface area (Å²) in [6, 6.07) is 1.62. The first-order chi connectivity index (χ1) is 9.98. The average Bonchev–Trinajstić information content (AvgIpc) is 3.11. The Morgan fingerprint density at radius 1 is 1.33 bits per heavy atom. The number of aromatic nitrogens is 1. The highest BCUT2D eigenvalue weighted by molar-refractivity contribution is 7.89. The van der Waals surface area contributed by atoms with Crippen LogP contribution in [0.2, 0.25) is 5.02 Å². The van der Waals surface area contributed by atoms with E-state index in [1.54, 1.807) is 0 Å². The lowest BCUT2D eigenvalue weighted by Crippen LogP contribution is -2.37. The third-order valence-electron chi connectivity index (χ3n) is 3.96. The predicted molar refractivity (Wildman–Crippen MR) is 81.5 cm³/mol. The third kappa shape index (κ3) is 2.78. The third-order valence-corrected chi connectivity index (χ3v) is 6.06. The highest BCUT2D eigenvalue weighted by atomic mass is 35.5. The smallest absolute Gasteiger partial charge is 0.246 e. The summed E-state index contributed by atoms with van der Waals surface area (Å²) in [6.45, 7) is 2.75. The molecule has 2 N–H and O–H groups in total. The fourth-order valence-corrected chi connectivity index (χ4v) is 4.60. The zero-order valence-corrected chi connectivity index (χ0v) is 13.0. The Bertz CT molecular complexity index is 669. The van der Waals surface area contributed by atoms with Crippen molar-refractivity contribution in [3.63, 3.8) is 0 Å². The molecule has 1 saturated heterocycles. The van der Waals surface area contributed by atoms with Crippen LogP contribution in [-0.2, 0) is 10.0 Å². The Hall–Kier alpha value is -1.15. The first-order valence-corrected chi connectivity index (χ1v) is 8.60. The fourth-order valence-electron chi connectivity index (χ4n) is 2.80. The minimum absolute atomic E-state index is 0.00445. The van der Waals surface area contributed by atoms with E-state index < -0.39 is 10.0 Å². The normalized spacial score (nSPS) is 24.0. The summed E-state index contributed by atoms with van der Waals surface area (Å²) in [5.74, 6) is -0.00862. The van der Waals surface area contributed by atoms with Gasteiger partial charge < -0.3 is 5.73 Å². The second-order valence-electron chi connectivity index (χ2n) is 5.27. The lowest BCUT2D eigenvalue weighted by Gasteiger charge is -2.23. The van der Waals surface area contributed by atoms with Gasteiger partial charge in [-0.05, 0) is 12.5 Å². The SMILES string of the molecule is Nc1ncc(Cl)cc1S(=O)(=O)N1CC[C@@H](N2CC=CC2)C1. The van der Waals surface area contributed by atoms with E-state index in [-0.39, 0.29) is 21.8 Å². The van der Waals surface area contributed by atoms with E-state index in [0.29, 0.717) is 13.1 Å². The number of halogens is 1. The molecule has 8 heteroatoms. The quantitative estimate of drug-likeness (QED) is 0.836. The summed E-state index contributed by atoms with van der Waals surface area (Å²) in [5, 5.41) is 0.266. The molecule has 0 saturated carbocycles. The van der Waals surface area contributed by atoms with Crippen molar-refractivity contribution in [2.45, 2.75) is 17.4 Å². The van der Waals surface area contributed by atoms with Gasteiger partial charge in [0.2, 0.25) is 10.0 Å². The molecule has 1 atom stereocenters. The Kier molecular flexibility index (Phi) is 3.92. The van der Waals surface area contributed by atoms with Crippen LogP contribution in [0.3, 0.4) is 0 Å². The molecule has 1 aromatic heterocycles. The molecule has 114 valence electrons. The molecule has 2 aliphatic rings. The minimum atomic E-state index is -3.64. The van der Waals surface area contributed by atoms with Gasteiger partial charge in [-0.15, -0.1) is 0 Å². The molecule has 0 bridgehead atoms. The van der Waals surface area contributed by atoms with E-state index in [9.17, 15) is 8.42 Å². The largest absolute Gasteiger partial charge is 0.383 e. The van der Waals surface area contributed by atoms with Crippen LogP contribution in [0.1, 0.15) is 6.42 Å². The lowest BCUT2D eigenvalue weighted by atomic mass is 10.2. The molecule has 1 aromatic rings. The van der Waals surface area contributed by atoms with Crippen LogP contribution >= 0.6 is 11.6 Å². The molecule has 6 nitrogen and oxygen atoms in total. The average molecular weight is 329 g/mol. The van der Waals surface area contributed by atoms with Crippen LogP contribution in [0, 0.1) is 0 Å². The van der Waals surface area contributed by atoms with Gasteiger partial charge in [-0.3, -0.25) is 4.90 Å². The fraction of sp³-hybridized carbons (Fsp3) is 0.462. The first-order valence-electron chi connectivity index (χ1n) is 6.78. The second-order valence-corrected chi connectivity index (χ2v) is 7.61. The lowest BCUT2D eigenvalue weighted by molar-refractivity contribution is 0.261. The van der Waals surface area contributed by atoms with Gasteiger partial charge in [0.1, 0.15) is 10.7 Å². The number of hydrogen-bond acceptors (Lipinski definition) is 5. The molecular weight excluding hydrogens is 312 g/mol. The van der Waals surface area contributed by atoms with Crippen molar-refractivity contribution < 1.29 is 8.42 Å². The number of nitrogens with two attached hydrogens (primary N) is 1. The van der Waals surface area contributed by atoms with Crippen molar-refractivity contribution in [3.05, 3.63) is 29.4 Å². The van der Waals surface area contributed by atoms with Crippen molar-refractivity contribution in [2.24, 2.45) is 0 Å². The van der Waals surface area contributed by atoms with Crippen molar-refractivity contribution in [2.75, 3.05) is 31.9 Å². The van der Waals surface area contributed by atoms with Gasteiger partial charge in [0.05, 0.1) is 5.02 Å². The highest BCUT2D eigenvalue weighted by Gasteiger charge is 2.36. The maximum Gasteiger partial charge on any atom is 0.246 e. The van der Waals surface area contributed by atoms with Gasteiger partial charge in [-0.1, -0.05) is 23.8 Å². The predicted octanol–water partition coefficient (Wildman–Crippen LogP) is 0.952. The molecule has 0 radical (unpaired) electrons. The Morgan fingerprint density at radius 2 is 2.05 bits per heavy atom. The number of hydrogen-bond donors (Lipinski definition) is 1. The van der Waals surface area contributed by atoms with E-state index in [1.807, 2.05) is 0 Å². The maximum absolute atomic E-state index is 12.7. The van der Waals surface area contributed by atoms with Crippen molar-refractivity contribution in [3.8, 4) is 0 Å². The molecule has 3 heterocycles. The molecule has 0 unspecified atom stereocenters. The zero-order valence-electron chi connectivity index (χ0n) is 11.4.